The van der Waals surface area contributed by atoms with E-state index >= 15 is 0 Å². The van der Waals surface area contributed by atoms with Crippen LogP contribution < -0.4 is 5.73 Å². The van der Waals surface area contributed by atoms with E-state index in [1.807, 2.05) is 18.7 Å². The summed E-state index contributed by atoms with van der Waals surface area (Å²) in [6.45, 7) is 7.50. The molecule has 2 fully saturated rings. The lowest BCUT2D eigenvalue weighted by Gasteiger charge is -2.44. The summed E-state index contributed by atoms with van der Waals surface area (Å²) in [5, 5.41) is 0.245. The lowest BCUT2D eigenvalue weighted by Crippen LogP contribution is -2.58. The van der Waals surface area contributed by atoms with Gasteiger partial charge in [-0.25, -0.2) is 0 Å². The van der Waals surface area contributed by atoms with E-state index in [4.69, 9.17) is 17.3 Å². The number of hydrogen-bond acceptors (Lipinski definition) is 3. The molecule has 1 amide bonds. The van der Waals surface area contributed by atoms with E-state index in [2.05, 4.69) is 4.90 Å². The second-order valence-corrected chi connectivity index (χ2v) is 6.77. The van der Waals surface area contributed by atoms with Crippen LogP contribution in [-0.2, 0) is 4.79 Å². The topological polar surface area (TPSA) is 49.6 Å². The second kappa shape index (κ2) is 6.42. The molecule has 0 aromatic heterocycles. The lowest BCUT2D eigenvalue weighted by atomic mass is 9.89. The van der Waals surface area contributed by atoms with Crippen LogP contribution >= 0.6 is 11.6 Å². The molecule has 0 aromatic carbocycles. The van der Waals surface area contributed by atoms with Gasteiger partial charge in [0.15, 0.2) is 0 Å². The summed E-state index contributed by atoms with van der Waals surface area (Å²) in [6.07, 6.45) is 3.07. The van der Waals surface area contributed by atoms with E-state index in [1.165, 1.54) is 0 Å². The summed E-state index contributed by atoms with van der Waals surface area (Å²) in [5.74, 6) is 0.369. The minimum atomic E-state index is 0.0977. The maximum atomic E-state index is 12.0. The SMILES string of the molecule is CC(C)C(=O)N1CCN(C2CCC(Cl)CC2N)CC1. The van der Waals surface area contributed by atoms with E-state index in [9.17, 15) is 4.79 Å². The van der Waals surface area contributed by atoms with Crippen molar-refractivity contribution in [3.8, 4) is 0 Å². The fourth-order valence-corrected chi connectivity index (χ4v) is 3.56. The van der Waals surface area contributed by atoms with Crippen molar-refractivity contribution in [2.75, 3.05) is 26.2 Å². The van der Waals surface area contributed by atoms with Crippen molar-refractivity contribution in [2.24, 2.45) is 11.7 Å². The molecular formula is C14H26ClN3O. The number of nitrogens with zero attached hydrogens (tertiary/aromatic N) is 2. The lowest BCUT2D eigenvalue weighted by molar-refractivity contribution is -0.136. The van der Waals surface area contributed by atoms with Crippen LogP contribution in [0.1, 0.15) is 33.1 Å². The van der Waals surface area contributed by atoms with Crippen LogP contribution in [0.4, 0.5) is 0 Å². The smallest absolute Gasteiger partial charge is 0.225 e. The summed E-state index contributed by atoms with van der Waals surface area (Å²) in [6, 6.07) is 0.634. The highest BCUT2D eigenvalue weighted by Crippen LogP contribution is 2.26. The third kappa shape index (κ3) is 3.61. The second-order valence-electron chi connectivity index (χ2n) is 6.16. The molecule has 2 aliphatic rings. The van der Waals surface area contributed by atoms with Gasteiger partial charge in [0.1, 0.15) is 0 Å². The third-order valence-corrected chi connectivity index (χ3v) is 4.78. The van der Waals surface area contributed by atoms with Crippen molar-refractivity contribution in [3.05, 3.63) is 0 Å². The Morgan fingerprint density at radius 1 is 1.21 bits per heavy atom. The van der Waals surface area contributed by atoms with Gasteiger partial charge in [0.25, 0.3) is 0 Å². The molecular weight excluding hydrogens is 262 g/mol. The molecule has 3 atom stereocenters. The van der Waals surface area contributed by atoms with Gasteiger partial charge < -0.3 is 10.6 Å². The number of piperazine rings is 1. The first-order chi connectivity index (χ1) is 8.99. The molecule has 2 rings (SSSR count). The van der Waals surface area contributed by atoms with Crippen LogP contribution in [-0.4, -0.2) is 59.3 Å². The molecule has 0 aromatic rings. The molecule has 1 aliphatic carbocycles. The number of carbonyl (C=O) groups excluding carboxylic acids is 1. The normalized spacial score (nSPS) is 33.7. The summed E-state index contributed by atoms with van der Waals surface area (Å²) < 4.78 is 0. The molecule has 1 saturated carbocycles. The van der Waals surface area contributed by atoms with Gasteiger partial charge in [-0.1, -0.05) is 13.8 Å². The van der Waals surface area contributed by atoms with Crippen LogP contribution in [0.2, 0.25) is 0 Å². The summed E-state index contributed by atoms with van der Waals surface area (Å²) in [7, 11) is 0. The van der Waals surface area contributed by atoms with E-state index in [1.54, 1.807) is 0 Å². The number of nitrogens with two attached hydrogens (primary N) is 1. The maximum absolute atomic E-state index is 12.0. The highest BCUT2D eigenvalue weighted by Gasteiger charge is 2.33. The molecule has 4 nitrogen and oxygen atoms in total. The van der Waals surface area contributed by atoms with Crippen molar-refractivity contribution in [1.82, 2.24) is 9.80 Å². The van der Waals surface area contributed by atoms with Crippen LogP contribution in [0, 0.1) is 5.92 Å². The van der Waals surface area contributed by atoms with Gasteiger partial charge in [0, 0.05) is 49.6 Å². The molecule has 2 N–H and O–H groups in total. The fourth-order valence-electron chi connectivity index (χ4n) is 3.23. The first kappa shape index (κ1) is 15.1. The Bertz CT molecular complexity index is 316. The Morgan fingerprint density at radius 2 is 1.84 bits per heavy atom. The molecule has 0 bridgehead atoms. The standard InChI is InChI=1S/C14H26ClN3O/c1-10(2)14(19)18-7-5-17(6-8-18)13-4-3-11(15)9-12(13)16/h10-13H,3-9,16H2,1-2H3. The molecule has 1 aliphatic heterocycles. The zero-order chi connectivity index (χ0) is 14.0. The van der Waals surface area contributed by atoms with Crippen molar-refractivity contribution >= 4 is 17.5 Å². The number of halogens is 1. The number of carbonyl (C=O) groups is 1. The number of alkyl halides is 1. The zero-order valence-electron chi connectivity index (χ0n) is 12.0. The summed E-state index contributed by atoms with van der Waals surface area (Å²) >= 11 is 6.16. The van der Waals surface area contributed by atoms with E-state index < -0.39 is 0 Å². The average Bonchev–Trinajstić information content (AvgIpc) is 2.38. The molecule has 0 spiro atoms. The predicted molar refractivity (Wildman–Crippen MR) is 78.2 cm³/mol. The Morgan fingerprint density at radius 3 is 2.37 bits per heavy atom. The fraction of sp³-hybridized carbons (Fsp3) is 0.929. The van der Waals surface area contributed by atoms with Crippen LogP contribution in [0.5, 0.6) is 0 Å². The van der Waals surface area contributed by atoms with Crippen molar-refractivity contribution in [2.45, 2.75) is 50.6 Å². The van der Waals surface area contributed by atoms with Crippen LogP contribution in [0.3, 0.4) is 0 Å². The van der Waals surface area contributed by atoms with E-state index in [-0.39, 0.29) is 23.2 Å². The van der Waals surface area contributed by atoms with Crippen LogP contribution in [0.15, 0.2) is 0 Å². The van der Waals surface area contributed by atoms with Crippen molar-refractivity contribution < 1.29 is 4.79 Å². The highest BCUT2D eigenvalue weighted by molar-refractivity contribution is 6.20. The quantitative estimate of drug-likeness (QED) is 0.778. The minimum Gasteiger partial charge on any atom is -0.340 e. The van der Waals surface area contributed by atoms with Gasteiger partial charge >= 0.3 is 0 Å². The summed E-state index contributed by atoms with van der Waals surface area (Å²) in [5.41, 5.74) is 6.24. The maximum Gasteiger partial charge on any atom is 0.225 e. The third-order valence-electron chi connectivity index (χ3n) is 4.39. The molecule has 1 saturated heterocycles. The van der Waals surface area contributed by atoms with E-state index in [0.29, 0.717) is 6.04 Å². The molecule has 3 unspecified atom stereocenters. The molecule has 19 heavy (non-hydrogen) atoms. The van der Waals surface area contributed by atoms with Gasteiger partial charge in [-0.3, -0.25) is 9.69 Å². The Hall–Kier alpha value is -0.320. The Labute approximate surface area is 121 Å². The number of hydrogen-bond donors (Lipinski definition) is 1. The number of rotatable bonds is 2. The first-order valence-electron chi connectivity index (χ1n) is 7.41. The van der Waals surface area contributed by atoms with E-state index in [0.717, 1.165) is 45.4 Å². The van der Waals surface area contributed by atoms with Gasteiger partial charge in [0.2, 0.25) is 5.91 Å². The van der Waals surface area contributed by atoms with Gasteiger partial charge in [-0.2, -0.15) is 0 Å². The van der Waals surface area contributed by atoms with Crippen LogP contribution in [0.25, 0.3) is 0 Å². The van der Waals surface area contributed by atoms with Crippen molar-refractivity contribution in [1.29, 1.82) is 0 Å². The zero-order valence-corrected chi connectivity index (χ0v) is 12.8. The minimum absolute atomic E-state index is 0.0977. The molecule has 1 heterocycles. The molecule has 110 valence electrons. The Kier molecular flexibility index (Phi) is 5.09. The van der Waals surface area contributed by atoms with Gasteiger partial charge in [-0.15, -0.1) is 11.6 Å². The predicted octanol–water partition coefficient (Wildman–Crippen LogP) is 1.27. The molecule has 0 radical (unpaired) electrons. The monoisotopic (exact) mass is 287 g/mol. The average molecular weight is 288 g/mol. The summed E-state index contributed by atoms with van der Waals surface area (Å²) in [4.78, 5) is 16.4. The highest BCUT2D eigenvalue weighted by atomic mass is 35.5. The largest absolute Gasteiger partial charge is 0.340 e. The Balaban J connectivity index is 1.84. The van der Waals surface area contributed by atoms with Gasteiger partial charge in [-0.05, 0) is 19.3 Å². The molecule has 5 heteroatoms. The number of amides is 1. The van der Waals surface area contributed by atoms with Gasteiger partial charge in [0.05, 0.1) is 0 Å². The van der Waals surface area contributed by atoms with Crippen molar-refractivity contribution in [3.63, 3.8) is 0 Å². The first-order valence-corrected chi connectivity index (χ1v) is 7.85.